The molecule has 0 radical (unpaired) electrons. The number of nitrogens with one attached hydrogen (secondary N) is 1. The number of rotatable bonds is 3. The summed E-state index contributed by atoms with van der Waals surface area (Å²) in [6.07, 6.45) is 1.57. The van der Waals surface area contributed by atoms with Crippen LogP contribution in [-0.2, 0) is 0 Å². The zero-order valence-electron chi connectivity index (χ0n) is 8.71. The van der Waals surface area contributed by atoms with E-state index in [0.717, 1.165) is 11.1 Å². The van der Waals surface area contributed by atoms with E-state index in [-0.39, 0.29) is 6.04 Å². The second-order valence-electron chi connectivity index (χ2n) is 3.39. The van der Waals surface area contributed by atoms with E-state index in [1.165, 1.54) is 0 Å². The molecule has 0 fully saturated rings. The fourth-order valence-electron chi connectivity index (χ4n) is 1.70. The summed E-state index contributed by atoms with van der Waals surface area (Å²) in [4.78, 5) is 0. The van der Waals surface area contributed by atoms with Crippen LogP contribution >= 0.6 is 23.2 Å². The zero-order chi connectivity index (χ0) is 11.5. The van der Waals surface area contributed by atoms with Gasteiger partial charge < -0.3 is 9.73 Å². The average Bonchev–Trinajstić information content (AvgIpc) is 2.69. The molecule has 1 heterocycles. The first-order chi connectivity index (χ1) is 7.74. The highest BCUT2D eigenvalue weighted by Crippen LogP contribution is 2.32. The smallest absolute Gasteiger partial charge is 0.198 e. The van der Waals surface area contributed by atoms with E-state index in [0.29, 0.717) is 10.2 Å². The maximum atomic E-state index is 6.15. The summed E-state index contributed by atoms with van der Waals surface area (Å²) in [6.45, 7) is 0. The summed E-state index contributed by atoms with van der Waals surface area (Å²) < 4.78 is 5.09. The van der Waals surface area contributed by atoms with E-state index in [4.69, 9.17) is 27.6 Å². The van der Waals surface area contributed by atoms with Gasteiger partial charge in [0.1, 0.15) is 0 Å². The van der Waals surface area contributed by atoms with Crippen molar-refractivity contribution < 1.29 is 4.42 Å². The third-order valence-electron chi connectivity index (χ3n) is 2.46. The van der Waals surface area contributed by atoms with Crippen LogP contribution < -0.4 is 5.32 Å². The second kappa shape index (κ2) is 4.91. The minimum absolute atomic E-state index is 0.0556. The standard InChI is InChI=1S/C12H11Cl2NO/c1-15-11(9-6-7-16-12(9)14)8-4-2-3-5-10(8)13/h2-7,11,15H,1H3. The van der Waals surface area contributed by atoms with Crippen LogP contribution in [0.3, 0.4) is 0 Å². The highest BCUT2D eigenvalue weighted by atomic mass is 35.5. The van der Waals surface area contributed by atoms with Gasteiger partial charge >= 0.3 is 0 Å². The van der Waals surface area contributed by atoms with Crippen LogP contribution in [0.5, 0.6) is 0 Å². The zero-order valence-corrected chi connectivity index (χ0v) is 10.2. The van der Waals surface area contributed by atoms with Crippen LogP contribution in [-0.4, -0.2) is 7.05 Å². The average molecular weight is 256 g/mol. The van der Waals surface area contributed by atoms with Crippen molar-refractivity contribution in [2.75, 3.05) is 7.05 Å². The van der Waals surface area contributed by atoms with E-state index in [1.54, 1.807) is 6.26 Å². The van der Waals surface area contributed by atoms with Crippen LogP contribution in [0.2, 0.25) is 10.2 Å². The van der Waals surface area contributed by atoms with Gasteiger partial charge in [0.25, 0.3) is 0 Å². The molecular formula is C12H11Cl2NO. The van der Waals surface area contributed by atoms with E-state index >= 15 is 0 Å². The van der Waals surface area contributed by atoms with Gasteiger partial charge in [0, 0.05) is 10.6 Å². The molecule has 16 heavy (non-hydrogen) atoms. The summed E-state index contributed by atoms with van der Waals surface area (Å²) >= 11 is 12.1. The Morgan fingerprint density at radius 3 is 2.44 bits per heavy atom. The van der Waals surface area contributed by atoms with Gasteiger partial charge in [-0.3, -0.25) is 0 Å². The van der Waals surface area contributed by atoms with E-state index < -0.39 is 0 Å². The minimum atomic E-state index is -0.0556. The van der Waals surface area contributed by atoms with Gasteiger partial charge in [0.15, 0.2) is 5.22 Å². The van der Waals surface area contributed by atoms with Gasteiger partial charge in [-0.1, -0.05) is 29.8 Å². The van der Waals surface area contributed by atoms with Crippen molar-refractivity contribution in [3.63, 3.8) is 0 Å². The Kier molecular flexibility index (Phi) is 3.54. The SMILES string of the molecule is CNC(c1ccccc1Cl)c1ccoc1Cl. The van der Waals surface area contributed by atoms with Crippen LogP contribution in [0.25, 0.3) is 0 Å². The maximum absolute atomic E-state index is 6.15. The molecule has 0 aliphatic rings. The van der Waals surface area contributed by atoms with E-state index in [2.05, 4.69) is 5.32 Å². The summed E-state index contributed by atoms with van der Waals surface area (Å²) in [5.41, 5.74) is 1.87. The van der Waals surface area contributed by atoms with Gasteiger partial charge in [0.2, 0.25) is 0 Å². The largest absolute Gasteiger partial charge is 0.453 e. The Balaban J connectivity index is 2.45. The molecule has 1 atom stereocenters. The van der Waals surface area contributed by atoms with Crippen LogP contribution in [0, 0.1) is 0 Å². The lowest BCUT2D eigenvalue weighted by molar-refractivity contribution is 0.559. The molecule has 4 heteroatoms. The molecule has 0 amide bonds. The van der Waals surface area contributed by atoms with Gasteiger partial charge in [-0.05, 0) is 36.3 Å². The third-order valence-corrected chi connectivity index (χ3v) is 3.11. The molecule has 84 valence electrons. The van der Waals surface area contributed by atoms with Crippen LogP contribution in [0.15, 0.2) is 41.0 Å². The molecule has 0 saturated heterocycles. The van der Waals surface area contributed by atoms with Gasteiger partial charge in [-0.2, -0.15) is 0 Å². The molecule has 0 bridgehead atoms. The number of hydrogen-bond donors (Lipinski definition) is 1. The lowest BCUT2D eigenvalue weighted by Gasteiger charge is -2.16. The van der Waals surface area contributed by atoms with Crippen LogP contribution in [0.4, 0.5) is 0 Å². The topological polar surface area (TPSA) is 25.2 Å². The van der Waals surface area contributed by atoms with E-state index in [9.17, 15) is 0 Å². The van der Waals surface area contributed by atoms with Crippen molar-refractivity contribution in [1.82, 2.24) is 5.32 Å². The molecule has 0 saturated carbocycles. The molecule has 2 nitrogen and oxygen atoms in total. The number of furan rings is 1. The first kappa shape index (κ1) is 11.5. The van der Waals surface area contributed by atoms with E-state index in [1.807, 2.05) is 37.4 Å². The molecule has 1 aromatic carbocycles. The quantitative estimate of drug-likeness (QED) is 0.901. The molecule has 1 unspecified atom stereocenters. The van der Waals surface area contributed by atoms with Gasteiger partial charge in [-0.25, -0.2) is 0 Å². The van der Waals surface area contributed by atoms with Gasteiger partial charge in [0.05, 0.1) is 12.3 Å². The molecule has 1 aromatic heterocycles. The highest BCUT2D eigenvalue weighted by molar-refractivity contribution is 6.31. The van der Waals surface area contributed by atoms with Crippen molar-refractivity contribution in [1.29, 1.82) is 0 Å². The van der Waals surface area contributed by atoms with Crippen molar-refractivity contribution in [3.8, 4) is 0 Å². The lowest BCUT2D eigenvalue weighted by Crippen LogP contribution is -2.17. The Labute approximate surface area is 104 Å². The summed E-state index contributed by atoms with van der Waals surface area (Å²) in [5.74, 6) is 0. The molecule has 0 spiro atoms. The maximum Gasteiger partial charge on any atom is 0.198 e. The molecule has 1 N–H and O–H groups in total. The van der Waals surface area contributed by atoms with Crippen LogP contribution in [0.1, 0.15) is 17.2 Å². The number of halogens is 2. The molecule has 2 aromatic rings. The summed E-state index contributed by atoms with van der Waals surface area (Å²) in [6, 6.07) is 9.45. The predicted octanol–water partition coefficient (Wildman–Crippen LogP) is 3.90. The van der Waals surface area contributed by atoms with Gasteiger partial charge in [-0.15, -0.1) is 0 Å². The molecule has 0 aliphatic carbocycles. The fourth-order valence-corrected chi connectivity index (χ4v) is 2.17. The molecule has 2 rings (SSSR count). The minimum Gasteiger partial charge on any atom is -0.453 e. The van der Waals surface area contributed by atoms with Crippen molar-refractivity contribution >= 4 is 23.2 Å². The third kappa shape index (κ3) is 2.09. The Morgan fingerprint density at radius 1 is 1.12 bits per heavy atom. The first-order valence-electron chi connectivity index (χ1n) is 4.88. The predicted molar refractivity (Wildman–Crippen MR) is 66.1 cm³/mol. The van der Waals surface area contributed by atoms with Crippen molar-refractivity contribution in [3.05, 3.63) is 58.0 Å². The Bertz CT molecular complexity index is 481. The Morgan fingerprint density at radius 2 is 1.88 bits per heavy atom. The fraction of sp³-hybridized carbons (Fsp3) is 0.167. The molecule has 0 aliphatic heterocycles. The molecular weight excluding hydrogens is 245 g/mol. The monoisotopic (exact) mass is 255 g/mol. The van der Waals surface area contributed by atoms with Crippen molar-refractivity contribution in [2.24, 2.45) is 0 Å². The first-order valence-corrected chi connectivity index (χ1v) is 5.64. The number of hydrogen-bond acceptors (Lipinski definition) is 2. The van der Waals surface area contributed by atoms with Crippen molar-refractivity contribution in [2.45, 2.75) is 6.04 Å². The summed E-state index contributed by atoms with van der Waals surface area (Å²) in [7, 11) is 1.86. The lowest BCUT2D eigenvalue weighted by atomic mass is 10.0. The number of benzene rings is 1. The highest BCUT2D eigenvalue weighted by Gasteiger charge is 2.19. The Hall–Kier alpha value is -0.960. The second-order valence-corrected chi connectivity index (χ2v) is 4.14. The summed E-state index contributed by atoms with van der Waals surface area (Å²) in [5, 5.41) is 4.27. The normalized spacial score (nSPS) is 12.7.